The number of carbonyl (C=O) groups is 1. The molecule has 0 aliphatic rings. The first kappa shape index (κ1) is 30.8. The van der Waals surface area contributed by atoms with Gasteiger partial charge in [0.15, 0.2) is 5.78 Å². The molecule has 2 unspecified atom stereocenters. The fourth-order valence-corrected chi connectivity index (χ4v) is 5.59. The van der Waals surface area contributed by atoms with Gasteiger partial charge in [-0.3, -0.25) is 4.79 Å². The lowest BCUT2D eigenvalue weighted by Gasteiger charge is -2.25. The smallest absolute Gasteiger partial charge is 0.160 e. The Morgan fingerprint density at radius 1 is 0.786 bits per heavy atom. The molecular weight excluding hydrogens is 510 g/mol. The number of hydrogen-bond acceptors (Lipinski definition) is 2. The van der Waals surface area contributed by atoms with E-state index in [0.717, 1.165) is 40.9 Å². The molecule has 0 aromatic heterocycles. The minimum Gasteiger partial charge on any atom is -0.381 e. The molecule has 2 atom stereocenters. The van der Waals surface area contributed by atoms with Crippen LogP contribution in [0, 0.1) is 12.8 Å². The third-order valence-corrected chi connectivity index (χ3v) is 8.62. The second-order valence-electron chi connectivity index (χ2n) is 12.0. The molecule has 0 aliphatic carbocycles. The lowest BCUT2D eigenvalue weighted by Crippen LogP contribution is -2.14. The summed E-state index contributed by atoms with van der Waals surface area (Å²) < 4.78 is 0. The van der Waals surface area contributed by atoms with Crippen LogP contribution in [0.3, 0.4) is 0 Å². The normalized spacial score (nSPS) is 12.4. The van der Waals surface area contributed by atoms with Gasteiger partial charge >= 0.3 is 0 Å². The maximum atomic E-state index is 12.1. The number of aryl methyl sites for hydroxylation is 1. The molecule has 0 heterocycles. The van der Waals surface area contributed by atoms with Crippen molar-refractivity contribution < 1.29 is 4.79 Å². The van der Waals surface area contributed by atoms with E-state index in [4.69, 9.17) is 0 Å². The topological polar surface area (TPSA) is 29.1 Å². The first-order valence-electron chi connectivity index (χ1n) is 15.0. The largest absolute Gasteiger partial charge is 0.381 e. The third-order valence-electron chi connectivity index (χ3n) is 8.62. The molecular formula is C40H45NO. The molecule has 0 spiro atoms. The van der Waals surface area contributed by atoms with E-state index in [1.165, 1.54) is 39.0 Å². The molecule has 0 bridgehead atoms. The summed E-state index contributed by atoms with van der Waals surface area (Å²) in [7, 11) is 0. The summed E-state index contributed by atoms with van der Waals surface area (Å²) >= 11 is 0. The number of rotatable bonds is 11. The van der Waals surface area contributed by atoms with E-state index >= 15 is 0 Å². The van der Waals surface area contributed by atoms with E-state index in [9.17, 15) is 4.79 Å². The lowest BCUT2D eigenvalue weighted by atomic mass is 9.80. The van der Waals surface area contributed by atoms with Crippen molar-refractivity contribution >= 4 is 17.1 Å². The average Bonchev–Trinajstić information content (AvgIpc) is 2.99. The van der Waals surface area contributed by atoms with Crippen LogP contribution in [0.15, 0.2) is 103 Å². The summed E-state index contributed by atoms with van der Waals surface area (Å²) in [6.07, 6.45) is 0.982. The second kappa shape index (κ2) is 13.7. The van der Waals surface area contributed by atoms with Crippen LogP contribution in [0.1, 0.15) is 91.2 Å². The molecule has 0 fully saturated rings. The predicted octanol–water partition coefficient (Wildman–Crippen LogP) is 10.4. The minimum atomic E-state index is 0.0937. The van der Waals surface area contributed by atoms with Crippen molar-refractivity contribution in [2.45, 2.75) is 67.3 Å². The van der Waals surface area contributed by atoms with Crippen LogP contribution in [0.4, 0.5) is 0 Å². The van der Waals surface area contributed by atoms with Crippen molar-refractivity contribution in [2.24, 2.45) is 5.92 Å². The van der Waals surface area contributed by atoms with Crippen molar-refractivity contribution in [3.63, 3.8) is 0 Å². The maximum absolute atomic E-state index is 12.1. The minimum absolute atomic E-state index is 0.0937. The van der Waals surface area contributed by atoms with E-state index in [1.54, 1.807) is 6.92 Å². The second-order valence-corrected chi connectivity index (χ2v) is 12.0. The molecule has 4 aromatic rings. The standard InChI is InChI=1S/C40H45NO/c1-26(2)29(5)40-24-36(31(7)41-25-34-13-11-12-27(3)22-34)20-21-37(40)30(6)28(4)23-33-16-18-35(19-17-33)39-15-10-9-14-38(39)32(8)42/h9-22,24,28,30,41H,7,23,25H2,1-6,8H3. The van der Waals surface area contributed by atoms with Gasteiger partial charge in [-0.05, 0) is 103 Å². The van der Waals surface area contributed by atoms with Crippen molar-refractivity contribution in [2.75, 3.05) is 0 Å². The Morgan fingerprint density at radius 2 is 1.50 bits per heavy atom. The SMILES string of the molecule is C=C(NCc1cccc(C)c1)c1ccc(C(C)C(C)Cc2ccc(-c3ccccc3C(C)=O)cc2)c(C(C)=C(C)C)c1. The van der Waals surface area contributed by atoms with Crippen LogP contribution >= 0.6 is 0 Å². The monoisotopic (exact) mass is 555 g/mol. The fourth-order valence-electron chi connectivity index (χ4n) is 5.59. The van der Waals surface area contributed by atoms with Gasteiger partial charge in [-0.25, -0.2) is 0 Å². The summed E-state index contributed by atoms with van der Waals surface area (Å²) in [6.45, 7) is 20.2. The van der Waals surface area contributed by atoms with Gasteiger partial charge in [0, 0.05) is 17.8 Å². The Balaban J connectivity index is 1.52. The van der Waals surface area contributed by atoms with Gasteiger partial charge < -0.3 is 5.32 Å². The first-order valence-corrected chi connectivity index (χ1v) is 15.0. The molecule has 2 nitrogen and oxygen atoms in total. The fraction of sp³-hybridized carbons (Fsp3) is 0.275. The van der Waals surface area contributed by atoms with Gasteiger partial charge in [0.2, 0.25) is 0 Å². The van der Waals surface area contributed by atoms with E-state index in [0.29, 0.717) is 11.8 Å². The van der Waals surface area contributed by atoms with Crippen LogP contribution in [-0.4, -0.2) is 5.78 Å². The van der Waals surface area contributed by atoms with Crippen LogP contribution < -0.4 is 5.32 Å². The molecule has 1 N–H and O–H groups in total. The van der Waals surface area contributed by atoms with E-state index in [1.807, 2.05) is 24.3 Å². The zero-order chi connectivity index (χ0) is 30.4. The Kier molecular flexibility index (Phi) is 10.0. The van der Waals surface area contributed by atoms with E-state index in [-0.39, 0.29) is 5.78 Å². The first-order chi connectivity index (χ1) is 20.0. The Bertz CT molecular complexity index is 1600. The highest BCUT2D eigenvalue weighted by atomic mass is 16.1. The predicted molar refractivity (Wildman–Crippen MR) is 181 cm³/mol. The molecule has 2 heteroatoms. The van der Waals surface area contributed by atoms with Crippen LogP contribution in [0.25, 0.3) is 22.4 Å². The highest BCUT2D eigenvalue weighted by molar-refractivity contribution is 6.00. The summed E-state index contributed by atoms with van der Waals surface area (Å²) in [5.41, 5.74) is 14.1. The molecule has 0 saturated carbocycles. The number of allylic oxidation sites excluding steroid dienone is 2. The average molecular weight is 556 g/mol. The number of hydrogen-bond donors (Lipinski definition) is 1. The Labute approximate surface area is 253 Å². The van der Waals surface area contributed by atoms with E-state index < -0.39 is 0 Å². The molecule has 0 radical (unpaired) electrons. The quantitative estimate of drug-likeness (QED) is 0.187. The summed E-state index contributed by atoms with van der Waals surface area (Å²) in [5, 5.41) is 3.54. The van der Waals surface area contributed by atoms with Gasteiger partial charge in [-0.2, -0.15) is 0 Å². The van der Waals surface area contributed by atoms with E-state index in [2.05, 4.69) is 120 Å². The lowest BCUT2D eigenvalue weighted by molar-refractivity contribution is 0.101. The van der Waals surface area contributed by atoms with Gasteiger partial charge in [0.25, 0.3) is 0 Å². The van der Waals surface area contributed by atoms with Crippen LogP contribution in [0.2, 0.25) is 0 Å². The number of ketones is 1. The maximum Gasteiger partial charge on any atom is 0.160 e. The number of Topliss-reactive ketones (excluding diaryl/α,β-unsaturated/α-hetero) is 1. The van der Waals surface area contributed by atoms with Crippen molar-refractivity contribution in [1.29, 1.82) is 0 Å². The number of nitrogens with one attached hydrogen (secondary N) is 1. The summed E-state index contributed by atoms with van der Waals surface area (Å²) in [5.74, 6) is 0.906. The molecule has 216 valence electrons. The van der Waals surface area contributed by atoms with Gasteiger partial charge in [0.05, 0.1) is 0 Å². The third kappa shape index (κ3) is 7.36. The van der Waals surface area contributed by atoms with Crippen molar-refractivity contribution in [3.05, 3.63) is 142 Å². The Morgan fingerprint density at radius 3 is 2.17 bits per heavy atom. The highest BCUT2D eigenvalue weighted by Gasteiger charge is 2.20. The molecule has 0 saturated heterocycles. The summed E-state index contributed by atoms with van der Waals surface area (Å²) in [6, 6.07) is 32.0. The molecule has 4 aromatic carbocycles. The molecule has 0 aliphatic heterocycles. The van der Waals surface area contributed by atoms with Gasteiger partial charge in [-0.1, -0.05) is 116 Å². The molecule has 42 heavy (non-hydrogen) atoms. The van der Waals surface area contributed by atoms with Crippen molar-refractivity contribution in [1.82, 2.24) is 5.32 Å². The summed E-state index contributed by atoms with van der Waals surface area (Å²) in [4.78, 5) is 12.1. The van der Waals surface area contributed by atoms with Crippen molar-refractivity contribution in [3.8, 4) is 11.1 Å². The Hall–Kier alpha value is -4.17. The zero-order valence-corrected chi connectivity index (χ0v) is 26.3. The van der Waals surface area contributed by atoms with Gasteiger partial charge in [-0.15, -0.1) is 0 Å². The number of benzene rings is 4. The highest BCUT2D eigenvalue weighted by Crippen LogP contribution is 2.35. The van der Waals surface area contributed by atoms with Gasteiger partial charge in [0.1, 0.15) is 0 Å². The number of carbonyl (C=O) groups excluding carboxylic acids is 1. The molecule has 0 amide bonds. The molecule has 4 rings (SSSR count). The van der Waals surface area contributed by atoms with Crippen LogP contribution in [-0.2, 0) is 13.0 Å². The van der Waals surface area contributed by atoms with Crippen LogP contribution in [0.5, 0.6) is 0 Å². The zero-order valence-electron chi connectivity index (χ0n) is 26.3.